The fourth-order valence-corrected chi connectivity index (χ4v) is 2.27. The Kier molecular flexibility index (Phi) is 5.84. The number of methoxy groups -OCH3 is 3. The number of hydrazone groups is 1. The summed E-state index contributed by atoms with van der Waals surface area (Å²) >= 11 is 0. The molecule has 0 aliphatic rings. The zero-order chi connectivity index (χ0) is 18.4. The number of nitrogens with one attached hydrogen (secondary N) is 1. The second-order valence-electron chi connectivity index (χ2n) is 5.07. The van der Waals surface area contributed by atoms with Crippen LogP contribution in [0.15, 0.2) is 41.5 Å². The average Bonchev–Trinajstić information content (AvgIpc) is 2.64. The van der Waals surface area contributed by atoms with Crippen LogP contribution < -0.4 is 19.6 Å². The van der Waals surface area contributed by atoms with E-state index < -0.39 is 5.97 Å². The van der Waals surface area contributed by atoms with Crippen molar-refractivity contribution >= 4 is 17.4 Å². The molecule has 0 saturated carbocycles. The van der Waals surface area contributed by atoms with Gasteiger partial charge in [-0.15, -0.1) is 0 Å². The van der Waals surface area contributed by atoms with E-state index in [1.807, 2.05) is 0 Å². The first-order valence-electron chi connectivity index (χ1n) is 7.44. The molecule has 0 aliphatic carbocycles. The highest BCUT2D eigenvalue weighted by molar-refractivity contribution is 6.01. The molecular weight excluding hydrogens is 324 g/mol. The van der Waals surface area contributed by atoms with Crippen molar-refractivity contribution in [3.63, 3.8) is 0 Å². The number of benzene rings is 2. The number of anilines is 1. The Morgan fingerprint density at radius 2 is 1.64 bits per heavy atom. The number of ether oxygens (including phenoxy) is 3. The highest BCUT2D eigenvalue weighted by atomic mass is 16.5. The Hall–Kier alpha value is -3.22. The van der Waals surface area contributed by atoms with Gasteiger partial charge in [-0.1, -0.05) is 12.1 Å². The number of rotatable bonds is 7. The van der Waals surface area contributed by atoms with Crippen LogP contribution in [0.25, 0.3) is 0 Å². The molecule has 0 saturated heterocycles. The Morgan fingerprint density at radius 3 is 2.16 bits per heavy atom. The molecule has 2 aromatic carbocycles. The van der Waals surface area contributed by atoms with Gasteiger partial charge in [-0.25, -0.2) is 4.79 Å². The molecule has 2 N–H and O–H groups in total. The normalized spacial score (nSPS) is 11.0. The van der Waals surface area contributed by atoms with Crippen molar-refractivity contribution in [3.8, 4) is 17.2 Å². The van der Waals surface area contributed by atoms with E-state index in [0.29, 0.717) is 28.6 Å². The molecular formula is C18H20N2O5. The maximum atomic E-state index is 11.2. The van der Waals surface area contributed by atoms with E-state index in [4.69, 9.17) is 14.2 Å². The number of carbonyl (C=O) groups is 1. The van der Waals surface area contributed by atoms with Crippen molar-refractivity contribution in [3.05, 3.63) is 47.5 Å². The van der Waals surface area contributed by atoms with Gasteiger partial charge >= 0.3 is 5.97 Å². The molecule has 7 heteroatoms. The predicted octanol–water partition coefficient (Wildman–Crippen LogP) is 3.25. The van der Waals surface area contributed by atoms with Gasteiger partial charge < -0.3 is 19.3 Å². The minimum absolute atomic E-state index is 0.143. The molecule has 7 nitrogen and oxygen atoms in total. The summed E-state index contributed by atoms with van der Waals surface area (Å²) in [5.41, 5.74) is 4.71. The van der Waals surface area contributed by atoms with Gasteiger partial charge in [0, 0.05) is 5.56 Å². The maximum Gasteiger partial charge on any atom is 0.337 e. The summed E-state index contributed by atoms with van der Waals surface area (Å²) < 4.78 is 15.9. The Labute approximate surface area is 145 Å². The van der Waals surface area contributed by atoms with Crippen molar-refractivity contribution in [1.29, 1.82) is 0 Å². The van der Waals surface area contributed by atoms with Crippen LogP contribution in [0.2, 0.25) is 0 Å². The zero-order valence-corrected chi connectivity index (χ0v) is 14.5. The standard InChI is InChI=1S/C18H20N2O5/c1-11(19-20-14-8-6-5-7-13(14)18(21)22)12-9-15(23-2)17(25-4)16(10-12)24-3/h5-10,20H,1-4H3,(H,21,22)/b19-11+. The lowest BCUT2D eigenvalue weighted by Gasteiger charge is -2.14. The van der Waals surface area contributed by atoms with Crippen molar-refractivity contribution in [2.75, 3.05) is 26.8 Å². The minimum Gasteiger partial charge on any atom is -0.493 e. The monoisotopic (exact) mass is 344 g/mol. The van der Waals surface area contributed by atoms with Gasteiger partial charge in [-0.05, 0) is 31.2 Å². The van der Waals surface area contributed by atoms with Gasteiger partial charge in [0.2, 0.25) is 5.75 Å². The maximum absolute atomic E-state index is 11.2. The number of carboxylic acid groups (broad SMARTS) is 1. The molecule has 0 bridgehead atoms. The molecule has 0 amide bonds. The molecule has 0 atom stereocenters. The van der Waals surface area contributed by atoms with E-state index in [0.717, 1.165) is 5.56 Å². The number of nitrogens with zero attached hydrogens (tertiary/aromatic N) is 1. The molecule has 132 valence electrons. The molecule has 0 aliphatic heterocycles. The number of carboxylic acids is 1. The average molecular weight is 344 g/mol. The second kappa shape index (κ2) is 8.05. The number of para-hydroxylation sites is 1. The number of hydrogen-bond acceptors (Lipinski definition) is 6. The van der Waals surface area contributed by atoms with E-state index >= 15 is 0 Å². The van der Waals surface area contributed by atoms with Gasteiger partial charge in [0.15, 0.2) is 11.5 Å². The highest BCUT2D eigenvalue weighted by Crippen LogP contribution is 2.38. The largest absolute Gasteiger partial charge is 0.493 e. The van der Waals surface area contributed by atoms with E-state index in [2.05, 4.69) is 10.5 Å². The van der Waals surface area contributed by atoms with Crippen molar-refractivity contribution < 1.29 is 24.1 Å². The van der Waals surface area contributed by atoms with Crippen LogP contribution in [0.5, 0.6) is 17.2 Å². The topological polar surface area (TPSA) is 89.4 Å². The fraction of sp³-hybridized carbons (Fsp3) is 0.222. The highest BCUT2D eigenvalue weighted by Gasteiger charge is 2.14. The third-order valence-corrected chi connectivity index (χ3v) is 3.58. The second-order valence-corrected chi connectivity index (χ2v) is 5.07. The van der Waals surface area contributed by atoms with Crippen molar-refractivity contribution in [2.24, 2.45) is 5.10 Å². The molecule has 2 rings (SSSR count). The third kappa shape index (κ3) is 4.00. The summed E-state index contributed by atoms with van der Waals surface area (Å²) in [6.07, 6.45) is 0. The lowest BCUT2D eigenvalue weighted by molar-refractivity contribution is 0.0698. The Morgan fingerprint density at radius 1 is 1.04 bits per heavy atom. The van der Waals surface area contributed by atoms with Gasteiger partial charge in [-0.2, -0.15) is 5.10 Å². The van der Waals surface area contributed by atoms with E-state index in [1.165, 1.54) is 27.4 Å². The first kappa shape index (κ1) is 18.1. The smallest absolute Gasteiger partial charge is 0.337 e. The van der Waals surface area contributed by atoms with Gasteiger partial charge in [0.05, 0.1) is 38.3 Å². The molecule has 0 unspecified atom stereocenters. The van der Waals surface area contributed by atoms with E-state index in [-0.39, 0.29) is 5.56 Å². The van der Waals surface area contributed by atoms with Crippen molar-refractivity contribution in [2.45, 2.75) is 6.92 Å². The summed E-state index contributed by atoms with van der Waals surface area (Å²) in [7, 11) is 4.61. The van der Waals surface area contributed by atoms with Crippen LogP contribution in [-0.4, -0.2) is 38.1 Å². The predicted molar refractivity (Wildman–Crippen MR) is 95.3 cm³/mol. The number of aromatic carboxylic acids is 1. The van der Waals surface area contributed by atoms with Crippen LogP contribution in [0.4, 0.5) is 5.69 Å². The molecule has 0 aromatic heterocycles. The SMILES string of the molecule is COc1cc(/C(C)=N/Nc2ccccc2C(=O)O)cc(OC)c1OC. The van der Waals surface area contributed by atoms with Crippen LogP contribution in [0.3, 0.4) is 0 Å². The fourth-order valence-electron chi connectivity index (χ4n) is 2.27. The van der Waals surface area contributed by atoms with Gasteiger partial charge in [-0.3, -0.25) is 5.43 Å². The number of hydrogen-bond donors (Lipinski definition) is 2. The van der Waals surface area contributed by atoms with Crippen LogP contribution in [-0.2, 0) is 0 Å². The first-order chi connectivity index (χ1) is 12.0. The van der Waals surface area contributed by atoms with E-state index in [1.54, 1.807) is 37.3 Å². The first-order valence-corrected chi connectivity index (χ1v) is 7.44. The summed E-state index contributed by atoms with van der Waals surface area (Å²) in [6.45, 7) is 1.79. The van der Waals surface area contributed by atoms with Gasteiger partial charge in [0.1, 0.15) is 0 Å². The molecule has 2 aromatic rings. The summed E-state index contributed by atoms with van der Waals surface area (Å²) in [5, 5.41) is 13.5. The van der Waals surface area contributed by atoms with Crippen LogP contribution in [0, 0.1) is 0 Å². The quantitative estimate of drug-likeness (QED) is 0.592. The Balaban J connectivity index is 2.36. The summed E-state index contributed by atoms with van der Waals surface area (Å²) in [6, 6.07) is 10.1. The molecule has 0 fully saturated rings. The van der Waals surface area contributed by atoms with Crippen LogP contribution in [0.1, 0.15) is 22.8 Å². The molecule has 25 heavy (non-hydrogen) atoms. The lowest BCUT2D eigenvalue weighted by Crippen LogP contribution is -2.05. The van der Waals surface area contributed by atoms with Gasteiger partial charge in [0.25, 0.3) is 0 Å². The molecule has 0 spiro atoms. The Bertz CT molecular complexity index is 777. The zero-order valence-electron chi connectivity index (χ0n) is 14.5. The lowest BCUT2D eigenvalue weighted by atomic mass is 10.1. The molecule has 0 heterocycles. The van der Waals surface area contributed by atoms with Crippen LogP contribution >= 0.6 is 0 Å². The third-order valence-electron chi connectivity index (χ3n) is 3.58. The van der Waals surface area contributed by atoms with E-state index in [9.17, 15) is 9.90 Å². The molecule has 0 radical (unpaired) electrons. The van der Waals surface area contributed by atoms with Crippen molar-refractivity contribution in [1.82, 2.24) is 0 Å². The summed E-state index contributed by atoms with van der Waals surface area (Å²) in [5.74, 6) is 0.490. The minimum atomic E-state index is -1.02. The summed E-state index contributed by atoms with van der Waals surface area (Å²) in [4.78, 5) is 11.2.